The van der Waals surface area contributed by atoms with Crippen LogP contribution in [0, 0.1) is 23.2 Å². The Kier molecular flexibility index (Phi) is 4.61. The molecule has 1 aliphatic carbocycles. The summed E-state index contributed by atoms with van der Waals surface area (Å²) in [5.41, 5.74) is 1.64. The topological polar surface area (TPSA) is 52.6 Å². The highest BCUT2D eigenvalue weighted by Gasteiger charge is 2.56. The number of fused-ring (bicyclic) bond motifs is 1. The van der Waals surface area contributed by atoms with Gasteiger partial charge in [-0.2, -0.15) is 0 Å². The van der Waals surface area contributed by atoms with E-state index in [1.165, 1.54) is 31.6 Å². The molecular weight excluding hydrogens is 362 g/mol. The zero-order valence-electron chi connectivity index (χ0n) is 18.3. The normalized spacial score (nSPS) is 28.9. The number of carbonyl (C=O) groups excluding carboxylic acids is 1. The summed E-state index contributed by atoms with van der Waals surface area (Å²) in [5.74, 6) is 3.33. The van der Waals surface area contributed by atoms with Crippen LogP contribution in [0.25, 0.3) is 0 Å². The van der Waals surface area contributed by atoms with Gasteiger partial charge in [-0.3, -0.25) is 9.69 Å². The maximum Gasteiger partial charge on any atom is 0.225 e. The van der Waals surface area contributed by atoms with Crippen molar-refractivity contribution in [2.45, 2.75) is 52.5 Å². The van der Waals surface area contributed by atoms with Gasteiger partial charge in [0.25, 0.3) is 0 Å². The molecule has 1 spiro atoms. The van der Waals surface area contributed by atoms with E-state index in [2.05, 4.69) is 38.5 Å². The van der Waals surface area contributed by atoms with Gasteiger partial charge in [-0.25, -0.2) is 9.97 Å². The molecule has 6 heteroatoms. The zero-order valence-corrected chi connectivity index (χ0v) is 18.3. The molecule has 158 valence electrons. The van der Waals surface area contributed by atoms with Crippen LogP contribution >= 0.6 is 0 Å². The van der Waals surface area contributed by atoms with Gasteiger partial charge in [0.2, 0.25) is 5.91 Å². The Morgan fingerprint density at radius 3 is 2.10 bits per heavy atom. The molecule has 0 radical (unpaired) electrons. The second-order valence-corrected chi connectivity index (χ2v) is 10.7. The molecule has 1 aromatic rings. The van der Waals surface area contributed by atoms with E-state index in [0.717, 1.165) is 49.9 Å². The van der Waals surface area contributed by atoms with Crippen LogP contribution in [-0.2, 0) is 4.79 Å². The molecule has 0 N–H and O–H groups in total. The lowest BCUT2D eigenvalue weighted by atomic mass is 9.60. The van der Waals surface area contributed by atoms with Gasteiger partial charge in [0, 0.05) is 62.6 Å². The first-order chi connectivity index (χ1) is 13.8. The summed E-state index contributed by atoms with van der Waals surface area (Å²) in [6.07, 6.45) is 6.61. The smallest absolute Gasteiger partial charge is 0.225 e. The van der Waals surface area contributed by atoms with Gasteiger partial charge in [-0.1, -0.05) is 27.7 Å². The lowest BCUT2D eigenvalue weighted by Crippen LogP contribution is -2.67. The average molecular weight is 398 g/mol. The molecule has 29 heavy (non-hydrogen) atoms. The number of anilines is 1. The number of hydrogen-bond acceptors (Lipinski definition) is 5. The maximum atomic E-state index is 12.1. The van der Waals surface area contributed by atoms with Crippen molar-refractivity contribution in [2.24, 2.45) is 23.2 Å². The van der Waals surface area contributed by atoms with Gasteiger partial charge in [0.05, 0.1) is 18.1 Å². The highest BCUT2D eigenvalue weighted by atomic mass is 16.2. The summed E-state index contributed by atoms with van der Waals surface area (Å²) in [7, 11) is 0. The minimum absolute atomic E-state index is 0.135. The Morgan fingerprint density at radius 1 is 1.00 bits per heavy atom. The Morgan fingerprint density at radius 2 is 1.59 bits per heavy atom. The van der Waals surface area contributed by atoms with Crippen molar-refractivity contribution < 1.29 is 4.79 Å². The maximum absolute atomic E-state index is 12.1. The predicted octanol–water partition coefficient (Wildman–Crippen LogP) is 2.62. The average Bonchev–Trinajstić information content (AvgIpc) is 3.18. The van der Waals surface area contributed by atoms with E-state index in [1.807, 2.05) is 26.2 Å². The van der Waals surface area contributed by atoms with Gasteiger partial charge in [-0.05, 0) is 24.7 Å². The molecule has 1 amide bonds. The standard InChI is InChI=1S/C23H35N5O/c1-15(2)21-24-7-20(8-25-21)27-11-17-9-26(10-18(17)12-27)19-5-23(6-19)13-28(14-23)22(29)16(3)4/h7-8,15-19H,5-6,9-14H2,1-4H3/t17-,18+. The number of aromatic nitrogens is 2. The molecule has 4 aliphatic rings. The third-order valence-corrected chi connectivity index (χ3v) is 7.77. The number of rotatable bonds is 4. The van der Waals surface area contributed by atoms with Gasteiger partial charge < -0.3 is 9.80 Å². The summed E-state index contributed by atoms with van der Waals surface area (Å²) in [6.45, 7) is 15.0. The van der Waals surface area contributed by atoms with Crippen molar-refractivity contribution in [1.82, 2.24) is 19.8 Å². The van der Waals surface area contributed by atoms with Crippen LogP contribution < -0.4 is 4.90 Å². The molecule has 3 saturated heterocycles. The number of carbonyl (C=O) groups is 1. The fourth-order valence-corrected chi connectivity index (χ4v) is 6.07. The number of likely N-dealkylation sites (tertiary alicyclic amines) is 2. The number of hydrogen-bond donors (Lipinski definition) is 0. The largest absolute Gasteiger partial charge is 0.368 e. The van der Waals surface area contributed by atoms with E-state index in [1.54, 1.807) is 0 Å². The van der Waals surface area contributed by atoms with Crippen molar-refractivity contribution in [2.75, 3.05) is 44.2 Å². The third kappa shape index (κ3) is 3.33. The van der Waals surface area contributed by atoms with Crippen molar-refractivity contribution in [3.05, 3.63) is 18.2 Å². The molecule has 1 saturated carbocycles. The van der Waals surface area contributed by atoms with Gasteiger partial charge in [-0.15, -0.1) is 0 Å². The van der Waals surface area contributed by atoms with E-state index in [-0.39, 0.29) is 5.92 Å². The summed E-state index contributed by atoms with van der Waals surface area (Å²) >= 11 is 0. The Labute approximate surface area is 174 Å². The minimum atomic E-state index is 0.135. The first-order valence-corrected chi connectivity index (χ1v) is 11.4. The van der Waals surface area contributed by atoms with Crippen LogP contribution in [0.2, 0.25) is 0 Å². The van der Waals surface area contributed by atoms with E-state index in [4.69, 9.17) is 0 Å². The van der Waals surface area contributed by atoms with E-state index in [9.17, 15) is 4.79 Å². The van der Waals surface area contributed by atoms with Crippen LogP contribution in [0.3, 0.4) is 0 Å². The molecule has 0 bridgehead atoms. The Balaban J connectivity index is 1.10. The van der Waals surface area contributed by atoms with Crippen LogP contribution in [0.5, 0.6) is 0 Å². The van der Waals surface area contributed by atoms with Crippen molar-refractivity contribution in [3.8, 4) is 0 Å². The van der Waals surface area contributed by atoms with Crippen LogP contribution in [0.1, 0.15) is 52.3 Å². The molecule has 2 atom stereocenters. The molecule has 5 rings (SSSR count). The van der Waals surface area contributed by atoms with Gasteiger partial charge in [0.1, 0.15) is 5.82 Å². The Bertz CT molecular complexity index is 748. The zero-order chi connectivity index (χ0) is 20.3. The molecular formula is C23H35N5O. The second kappa shape index (κ2) is 6.93. The SMILES string of the molecule is CC(C)C(=O)N1CC2(CC(N3C[C@H]4CN(c5cnc(C(C)C)nc5)C[C@H]4C3)C2)C1. The highest BCUT2D eigenvalue weighted by molar-refractivity contribution is 5.79. The van der Waals surface area contributed by atoms with Crippen molar-refractivity contribution >= 4 is 11.6 Å². The van der Waals surface area contributed by atoms with E-state index >= 15 is 0 Å². The highest BCUT2D eigenvalue weighted by Crippen LogP contribution is 2.52. The number of amides is 1. The number of nitrogens with zero attached hydrogens (tertiary/aromatic N) is 5. The first kappa shape index (κ1) is 19.3. The van der Waals surface area contributed by atoms with E-state index in [0.29, 0.717) is 17.2 Å². The van der Waals surface area contributed by atoms with Gasteiger partial charge >= 0.3 is 0 Å². The molecule has 0 unspecified atom stereocenters. The van der Waals surface area contributed by atoms with Crippen molar-refractivity contribution in [1.29, 1.82) is 0 Å². The van der Waals surface area contributed by atoms with Crippen LogP contribution in [-0.4, -0.2) is 71.0 Å². The third-order valence-electron chi connectivity index (χ3n) is 7.77. The molecule has 4 fully saturated rings. The van der Waals surface area contributed by atoms with Gasteiger partial charge in [0.15, 0.2) is 0 Å². The molecule has 3 aliphatic heterocycles. The first-order valence-electron chi connectivity index (χ1n) is 11.4. The minimum Gasteiger partial charge on any atom is -0.368 e. The van der Waals surface area contributed by atoms with Crippen LogP contribution in [0.15, 0.2) is 12.4 Å². The molecule has 0 aromatic carbocycles. The fourth-order valence-electron chi connectivity index (χ4n) is 6.07. The fraction of sp³-hybridized carbons (Fsp3) is 0.783. The summed E-state index contributed by atoms with van der Waals surface area (Å²) in [5, 5.41) is 0. The van der Waals surface area contributed by atoms with E-state index < -0.39 is 0 Å². The van der Waals surface area contributed by atoms with Crippen molar-refractivity contribution in [3.63, 3.8) is 0 Å². The van der Waals surface area contributed by atoms with Crippen LogP contribution in [0.4, 0.5) is 5.69 Å². The molecule has 4 heterocycles. The monoisotopic (exact) mass is 397 g/mol. The summed E-state index contributed by atoms with van der Waals surface area (Å²) in [4.78, 5) is 28.5. The lowest BCUT2D eigenvalue weighted by molar-refractivity contribution is -0.160. The Hall–Kier alpha value is -1.69. The second-order valence-electron chi connectivity index (χ2n) is 10.7. The molecule has 6 nitrogen and oxygen atoms in total. The summed E-state index contributed by atoms with van der Waals surface area (Å²) < 4.78 is 0. The molecule has 1 aromatic heterocycles. The summed E-state index contributed by atoms with van der Waals surface area (Å²) in [6, 6.07) is 0.749. The quantitative estimate of drug-likeness (QED) is 0.782. The predicted molar refractivity (Wildman–Crippen MR) is 114 cm³/mol. The lowest BCUT2D eigenvalue weighted by Gasteiger charge is -2.61.